The number of pyridine rings is 1. The van der Waals surface area contributed by atoms with Crippen molar-refractivity contribution in [2.45, 2.75) is 57.4 Å². The number of aryl methyl sites for hydroxylation is 1. The third-order valence-electron chi connectivity index (χ3n) is 7.84. The van der Waals surface area contributed by atoms with Gasteiger partial charge in [0.1, 0.15) is 5.52 Å². The Labute approximate surface area is 210 Å². The average molecular weight is 487 g/mol. The van der Waals surface area contributed by atoms with Gasteiger partial charge in [-0.3, -0.25) is 9.13 Å². The minimum Gasteiger partial charge on any atom is -0.478 e. The summed E-state index contributed by atoms with van der Waals surface area (Å²) in [4.78, 5) is 20.2. The summed E-state index contributed by atoms with van der Waals surface area (Å²) < 4.78 is 9.50. The maximum atomic E-state index is 13.1. The summed E-state index contributed by atoms with van der Waals surface area (Å²) in [5, 5.41) is 9.77. The zero-order valence-electron chi connectivity index (χ0n) is 21.0. The molecule has 2 aliphatic rings. The molecule has 6 rings (SSSR count). The van der Waals surface area contributed by atoms with Gasteiger partial charge in [0.15, 0.2) is 5.65 Å². The van der Waals surface area contributed by atoms with Crippen LogP contribution in [0.1, 0.15) is 57.4 Å². The van der Waals surface area contributed by atoms with Crippen molar-refractivity contribution >= 4 is 22.1 Å². The van der Waals surface area contributed by atoms with E-state index in [0.717, 1.165) is 66.2 Å². The van der Waals surface area contributed by atoms with Crippen molar-refractivity contribution in [3.05, 3.63) is 47.0 Å². The third kappa shape index (κ3) is 4.39. The first-order valence-electron chi connectivity index (χ1n) is 13.4. The molecule has 1 aliphatic heterocycles. The van der Waals surface area contributed by atoms with Gasteiger partial charge in [-0.1, -0.05) is 25.3 Å². The van der Waals surface area contributed by atoms with Gasteiger partial charge in [0, 0.05) is 42.8 Å². The van der Waals surface area contributed by atoms with Gasteiger partial charge in [-0.05, 0) is 69.0 Å². The first-order valence-corrected chi connectivity index (χ1v) is 13.4. The number of hydrogen-bond acceptors (Lipinski definition) is 6. The Hall–Kier alpha value is -3.26. The number of piperidine rings is 1. The van der Waals surface area contributed by atoms with Crippen LogP contribution >= 0.6 is 0 Å². The van der Waals surface area contributed by atoms with Crippen molar-refractivity contribution in [1.29, 1.82) is 0 Å². The van der Waals surface area contributed by atoms with Crippen LogP contribution in [0.2, 0.25) is 0 Å². The van der Waals surface area contributed by atoms with Crippen molar-refractivity contribution in [3.8, 4) is 17.0 Å². The van der Waals surface area contributed by atoms with Gasteiger partial charge in [-0.25, -0.2) is 9.78 Å². The standard InChI is InChI=1S/C28H34N6O2/c1-32-27-26(34(28(32)35)22-8-3-4-9-22)23-18-20(10-12-24(23)30-31-27)21-11-13-25(29-19-21)36-17-7-16-33-14-5-2-6-15-33/h10-13,18-19,22H,2-9,14-17H2,1H3. The molecule has 0 atom stereocenters. The van der Waals surface area contributed by atoms with E-state index in [1.54, 1.807) is 11.6 Å². The molecule has 0 bridgehead atoms. The molecular weight excluding hydrogens is 452 g/mol. The summed E-state index contributed by atoms with van der Waals surface area (Å²) in [5.74, 6) is 0.657. The smallest absolute Gasteiger partial charge is 0.330 e. The lowest BCUT2D eigenvalue weighted by molar-refractivity contribution is 0.203. The number of ether oxygens (including phenoxy) is 1. The third-order valence-corrected chi connectivity index (χ3v) is 7.84. The van der Waals surface area contributed by atoms with Gasteiger partial charge >= 0.3 is 5.69 Å². The Morgan fingerprint density at radius 1 is 0.972 bits per heavy atom. The van der Waals surface area contributed by atoms with Crippen LogP contribution in [-0.4, -0.2) is 55.5 Å². The molecule has 0 N–H and O–H groups in total. The highest BCUT2D eigenvalue weighted by atomic mass is 16.5. The number of hydrogen-bond donors (Lipinski definition) is 0. The topological polar surface area (TPSA) is 78.1 Å². The molecule has 0 radical (unpaired) electrons. The van der Waals surface area contributed by atoms with Gasteiger partial charge in [-0.2, -0.15) is 0 Å². The van der Waals surface area contributed by atoms with Crippen LogP contribution in [0.3, 0.4) is 0 Å². The Morgan fingerprint density at radius 2 is 1.78 bits per heavy atom. The average Bonchev–Trinajstić information content (AvgIpc) is 3.54. The highest BCUT2D eigenvalue weighted by Gasteiger charge is 2.25. The van der Waals surface area contributed by atoms with E-state index in [1.165, 1.54) is 32.4 Å². The number of likely N-dealkylation sites (tertiary alicyclic amines) is 1. The molecule has 1 aliphatic carbocycles. The molecule has 3 aromatic heterocycles. The highest BCUT2D eigenvalue weighted by molar-refractivity contribution is 6.02. The minimum absolute atomic E-state index is 0.00689. The predicted molar refractivity (Wildman–Crippen MR) is 141 cm³/mol. The van der Waals surface area contributed by atoms with Gasteiger partial charge in [0.25, 0.3) is 0 Å². The first-order chi connectivity index (χ1) is 17.7. The summed E-state index contributed by atoms with van der Waals surface area (Å²) in [6.45, 7) is 4.22. The van der Waals surface area contributed by atoms with Gasteiger partial charge in [0.05, 0.1) is 12.1 Å². The summed E-state index contributed by atoms with van der Waals surface area (Å²) in [6, 6.07) is 10.4. The van der Waals surface area contributed by atoms with Crippen molar-refractivity contribution < 1.29 is 4.74 Å². The summed E-state index contributed by atoms with van der Waals surface area (Å²) in [6.07, 6.45) is 11.3. The quantitative estimate of drug-likeness (QED) is 0.352. The molecule has 0 amide bonds. The number of nitrogens with zero attached hydrogens (tertiary/aromatic N) is 6. The lowest BCUT2D eigenvalue weighted by atomic mass is 10.0. The zero-order valence-corrected chi connectivity index (χ0v) is 21.0. The van der Waals surface area contributed by atoms with E-state index in [2.05, 4.69) is 32.2 Å². The molecule has 188 valence electrons. The van der Waals surface area contributed by atoms with Crippen molar-refractivity contribution in [1.82, 2.24) is 29.2 Å². The Morgan fingerprint density at radius 3 is 2.56 bits per heavy atom. The Bertz CT molecular complexity index is 1410. The molecule has 8 nitrogen and oxygen atoms in total. The van der Waals surface area contributed by atoms with E-state index in [-0.39, 0.29) is 11.7 Å². The van der Waals surface area contributed by atoms with E-state index < -0.39 is 0 Å². The van der Waals surface area contributed by atoms with Gasteiger partial charge < -0.3 is 9.64 Å². The second-order valence-electron chi connectivity index (χ2n) is 10.2. The maximum Gasteiger partial charge on any atom is 0.330 e. The van der Waals surface area contributed by atoms with E-state index in [1.807, 2.05) is 29.0 Å². The number of aromatic nitrogens is 5. The van der Waals surface area contributed by atoms with E-state index in [9.17, 15) is 4.79 Å². The normalized spacial score (nSPS) is 17.4. The van der Waals surface area contributed by atoms with E-state index >= 15 is 0 Å². The highest BCUT2D eigenvalue weighted by Crippen LogP contribution is 2.34. The molecule has 4 aromatic rings. The van der Waals surface area contributed by atoms with Crippen LogP contribution < -0.4 is 10.4 Å². The molecule has 0 spiro atoms. The molecule has 1 aromatic carbocycles. The molecule has 36 heavy (non-hydrogen) atoms. The number of fused-ring (bicyclic) bond motifs is 3. The Kier molecular flexibility index (Phi) is 6.44. The molecule has 4 heterocycles. The minimum atomic E-state index is -0.00689. The molecule has 1 saturated heterocycles. The van der Waals surface area contributed by atoms with E-state index in [4.69, 9.17) is 4.74 Å². The van der Waals surface area contributed by atoms with Crippen LogP contribution in [-0.2, 0) is 7.05 Å². The SMILES string of the molecule is Cn1c(=O)n(C2CCCC2)c2c3cc(-c4ccc(OCCCN5CCCCC5)nc4)ccc3nnc21. The number of imidazole rings is 1. The van der Waals surface area contributed by atoms with Crippen LogP contribution in [0.4, 0.5) is 0 Å². The van der Waals surface area contributed by atoms with E-state index in [0.29, 0.717) is 18.1 Å². The second-order valence-corrected chi connectivity index (χ2v) is 10.2. The summed E-state index contributed by atoms with van der Waals surface area (Å²) in [7, 11) is 1.79. The lowest BCUT2D eigenvalue weighted by Gasteiger charge is -2.26. The van der Waals surface area contributed by atoms with Crippen LogP contribution in [0, 0.1) is 0 Å². The zero-order chi connectivity index (χ0) is 24.5. The molecular formula is C28H34N6O2. The van der Waals surface area contributed by atoms with Gasteiger partial charge in [-0.15, -0.1) is 10.2 Å². The first kappa shape index (κ1) is 23.2. The lowest BCUT2D eigenvalue weighted by Crippen LogP contribution is -2.31. The number of benzene rings is 1. The Balaban J connectivity index is 1.24. The summed E-state index contributed by atoms with van der Waals surface area (Å²) >= 11 is 0. The van der Waals surface area contributed by atoms with Crippen LogP contribution in [0.15, 0.2) is 41.3 Å². The molecule has 8 heteroatoms. The van der Waals surface area contributed by atoms with Crippen molar-refractivity contribution in [2.75, 3.05) is 26.2 Å². The molecule has 0 unspecified atom stereocenters. The summed E-state index contributed by atoms with van der Waals surface area (Å²) in [5.41, 5.74) is 4.37. The van der Waals surface area contributed by atoms with Crippen molar-refractivity contribution in [3.63, 3.8) is 0 Å². The fourth-order valence-corrected chi connectivity index (χ4v) is 5.86. The molecule has 2 fully saturated rings. The fraction of sp³-hybridized carbons (Fsp3) is 0.500. The largest absolute Gasteiger partial charge is 0.478 e. The number of rotatable bonds is 7. The van der Waals surface area contributed by atoms with Crippen molar-refractivity contribution in [2.24, 2.45) is 7.05 Å². The van der Waals surface area contributed by atoms with Crippen LogP contribution in [0.25, 0.3) is 33.2 Å². The second kappa shape index (κ2) is 10.0. The fourth-order valence-electron chi connectivity index (χ4n) is 5.86. The maximum absolute atomic E-state index is 13.1. The van der Waals surface area contributed by atoms with Crippen LogP contribution in [0.5, 0.6) is 5.88 Å². The monoisotopic (exact) mass is 486 g/mol. The predicted octanol–water partition coefficient (Wildman–Crippen LogP) is 4.72. The van der Waals surface area contributed by atoms with Gasteiger partial charge in [0.2, 0.25) is 5.88 Å². The molecule has 1 saturated carbocycles.